The van der Waals surface area contributed by atoms with Crippen LogP contribution in [0, 0.1) is 0 Å². The zero-order valence-electron chi connectivity index (χ0n) is 61.9. The van der Waals surface area contributed by atoms with E-state index in [1.54, 1.807) is 0 Å². The van der Waals surface area contributed by atoms with Gasteiger partial charge in [-0.25, -0.2) is 0 Å². The monoisotopic (exact) mass is 1330 g/mol. The Hall–Kier alpha value is -3.59. The molecule has 94 heavy (non-hydrogen) atoms. The lowest BCUT2D eigenvalue weighted by atomic mass is 10.0. The Morgan fingerprint density at radius 3 is 0.904 bits per heavy atom. The molecular formula is C84H148NO8P. The lowest BCUT2D eigenvalue weighted by molar-refractivity contribution is -0.870. The van der Waals surface area contributed by atoms with Crippen LogP contribution in [0.15, 0.2) is 122 Å². The van der Waals surface area contributed by atoms with E-state index < -0.39 is 26.5 Å². The van der Waals surface area contributed by atoms with Crippen molar-refractivity contribution in [3.63, 3.8) is 0 Å². The third-order valence-electron chi connectivity index (χ3n) is 17.0. The van der Waals surface area contributed by atoms with E-state index >= 15 is 0 Å². The Labute approximate surface area is 581 Å². The summed E-state index contributed by atoms with van der Waals surface area (Å²) in [5, 5.41) is 0. The molecule has 0 aromatic carbocycles. The van der Waals surface area contributed by atoms with Crippen LogP contribution in [-0.2, 0) is 32.7 Å². The average molecular weight is 1330 g/mol. The standard InChI is InChI=1S/C84H148NO8P/c1-6-8-10-12-14-16-18-20-22-24-26-28-30-32-34-36-37-38-39-40-41-42-43-44-45-46-47-49-50-52-54-56-58-60-62-64-66-68-70-72-74-76-83(86)90-80-82(81-92-94(88,89)91-79-78-85(3,4)5)93-84(87)77-75-73-71-69-67-65-63-61-59-57-55-53-51-48-35-33-31-29-27-25-23-21-19-17-15-13-11-9-7-2/h9,11,15,17-18,20-21,23-24,26-27,29-30,32-33,35,51,53,57,59,82H,6-8,10,12-14,16,19,22,25,28,31,34,36-50,52,54-56,58,60-81H2,1-5H3/b11-9-,17-15-,20-18-,23-21-,26-24-,29-27-,32-30-,35-33-,53-51-,59-57-. The third kappa shape index (κ3) is 77.4. The molecule has 0 N–H and O–H groups in total. The topological polar surface area (TPSA) is 111 Å². The van der Waals surface area contributed by atoms with Gasteiger partial charge in [0.05, 0.1) is 27.7 Å². The molecule has 0 aromatic rings. The third-order valence-corrected chi connectivity index (χ3v) is 17.9. The van der Waals surface area contributed by atoms with Crippen LogP contribution in [0.2, 0.25) is 0 Å². The van der Waals surface area contributed by atoms with Crippen molar-refractivity contribution in [2.75, 3.05) is 47.5 Å². The van der Waals surface area contributed by atoms with Crippen LogP contribution >= 0.6 is 7.82 Å². The Morgan fingerprint density at radius 2 is 0.606 bits per heavy atom. The summed E-state index contributed by atoms with van der Waals surface area (Å²) < 4.78 is 34.4. The van der Waals surface area contributed by atoms with Crippen LogP contribution in [0.4, 0.5) is 0 Å². The molecule has 0 amide bonds. The number of esters is 2. The second-order valence-electron chi connectivity index (χ2n) is 27.3. The molecule has 0 saturated heterocycles. The molecular weight excluding hydrogens is 1180 g/mol. The van der Waals surface area contributed by atoms with Crippen molar-refractivity contribution in [3.8, 4) is 0 Å². The van der Waals surface area contributed by atoms with Gasteiger partial charge in [0.2, 0.25) is 0 Å². The number of quaternary nitrogens is 1. The lowest BCUT2D eigenvalue weighted by Gasteiger charge is -2.28. The molecule has 0 radical (unpaired) electrons. The quantitative estimate of drug-likeness (QED) is 0.0195. The van der Waals surface area contributed by atoms with Gasteiger partial charge in [0, 0.05) is 12.8 Å². The van der Waals surface area contributed by atoms with Crippen LogP contribution in [0.5, 0.6) is 0 Å². The van der Waals surface area contributed by atoms with Crippen LogP contribution in [-0.4, -0.2) is 70.0 Å². The highest BCUT2D eigenvalue weighted by molar-refractivity contribution is 7.45. The Bertz CT molecular complexity index is 2010. The highest BCUT2D eigenvalue weighted by Gasteiger charge is 2.22. The number of allylic oxidation sites excluding steroid dienone is 20. The fourth-order valence-corrected chi connectivity index (χ4v) is 11.7. The van der Waals surface area contributed by atoms with Gasteiger partial charge >= 0.3 is 11.9 Å². The summed E-state index contributed by atoms with van der Waals surface area (Å²) in [4.78, 5) is 38.1. The van der Waals surface area contributed by atoms with Gasteiger partial charge in [-0.1, -0.05) is 347 Å². The highest BCUT2D eigenvalue weighted by atomic mass is 31.2. The summed E-state index contributed by atoms with van der Waals surface area (Å²) in [6, 6.07) is 0. The second kappa shape index (κ2) is 73.7. The van der Waals surface area contributed by atoms with Crippen LogP contribution in [0.25, 0.3) is 0 Å². The van der Waals surface area contributed by atoms with Gasteiger partial charge in [-0.2, -0.15) is 0 Å². The maximum atomic E-state index is 12.9. The number of nitrogens with zero attached hydrogens (tertiary/aromatic N) is 1. The molecule has 0 aliphatic carbocycles. The number of phosphoric ester groups is 1. The summed E-state index contributed by atoms with van der Waals surface area (Å²) >= 11 is 0. The van der Waals surface area contributed by atoms with E-state index in [1.165, 1.54) is 212 Å². The van der Waals surface area contributed by atoms with Gasteiger partial charge in [-0.3, -0.25) is 14.2 Å². The molecule has 0 spiro atoms. The molecule has 0 bridgehead atoms. The number of rotatable bonds is 72. The maximum Gasteiger partial charge on any atom is 0.306 e. The molecule has 542 valence electrons. The molecule has 0 aliphatic rings. The minimum absolute atomic E-state index is 0.0372. The molecule has 2 unspecified atom stereocenters. The van der Waals surface area contributed by atoms with Crippen molar-refractivity contribution in [2.45, 2.75) is 354 Å². The number of carbonyl (C=O) groups is 2. The van der Waals surface area contributed by atoms with Crippen molar-refractivity contribution in [1.82, 2.24) is 0 Å². The molecule has 2 atom stereocenters. The van der Waals surface area contributed by atoms with Gasteiger partial charge in [-0.05, 0) is 109 Å². The van der Waals surface area contributed by atoms with Crippen molar-refractivity contribution >= 4 is 19.8 Å². The van der Waals surface area contributed by atoms with Crippen LogP contribution in [0.1, 0.15) is 348 Å². The van der Waals surface area contributed by atoms with Crippen molar-refractivity contribution in [3.05, 3.63) is 122 Å². The summed E-state index contributed by atoms with van der Waals surface area (Å²) in [5.74, 6) is -0.839. The zero-order valence-corrected chi connectivity index (χ0v) is 62.8. The van der Waals surface area contributed by atoms with Crippen LogP contribution < -0.4 is 4.89 Å². The number of ether oxygens (including phenoxy) is 2. The van der Waals surface area contributed by atoms with Gasteiger partial charge < -0.3 is 27.9 Å². The Morgan fingerprint density at radius 1 is 0.340 bits per heavy atom. The molecule has 0 aliphatic heterocycles. The normalized spacial score (nSPS) is 13.7. The predicted molar refractivity (Wildman–Crippen MR) is 406 cm³/mol. The van der Waals surface area contributed by atoms with Gasteiger partial charge in [-0.15, -0.1) is 0 Å². The fourth-order valence-electron chi connectivity index (χ4n) is 11.0. The van der Waals surface area contributed by atoms with E-state index in [1.807, 2.05) is 21.1 Å². The molecule has 0 fully saturated rings. The summed E-state index contributed by atoms with van der Waals surface area (Å²) in [6.45, 7) is 4.13. The predicted octanol–water partition coefficient (Wildman–Crippen LogP) is 25.5. The first-order chi connectivity index (χ1) is 46.0. The molecule has 0 saturated carbocycles. The van der Waals surface area contributed by atoms with Gasteiger partial charge in [0.25, 0.3) is 7.82 Å². The molecule has 0 rings (SSSR count). The summed E-state index contributed by atoms with van der Waals surface area (Å²) in [7, 11) is 1.16. The SMILES string of the molecule is CC/C=C\C/C=C\C/C=C\C/C=C\C/C=C\C/C=C\C/C=C\CCCCCCCCCC(=O)OC(COC(=O)CCCCCCCCCCCCCCCCCCCCCCCCCCCC/C=C\C/C=C\C/C=C\CCCCCCC)COP(=O)([O-])OCC[N+](C)(C)C. The van der Waals surface area contributed by atoms with E-state index in [4.69, 9.17) is 18.5 Å². The fraction of sp³-hybridized carbons (Fsp3) is 0.738. The first-order valence-electron chi connectivity index (χ1n) is 39.2. The first kappa shape index (κ1) is 90.4. The van der Waals surface area contributed by atoms with Crippen molar-refractivity contribution in [1.29, 1.82) is 0 Å². The highest BCUT2D eigenvalue weighted by Crippen LogP contribution is 2.38. The molecule has 0 aromatic heterocycles. The Balaban J connectivity index is 3.96. The van der Waals surface area contributed by atoms with Gasteiger partial charge in [0.1, 0.15) is 19.8 Å². The van der Waals surface area contributed by atoms with E-state index in [0.717, 1.165) is 103 Å². The molecule has 9 nitrogen and oxygen atoms in total. The van der Waals surface area contributed by atoms with E-state index in [9.17, 15) is 19.0 Å². The minimum atomic E-state index is -4.65. The smallest absolute Gasteiger partial charge is 0.306 e. The number of hydrogen-bond donors (Lipinski definition) is 0. The zero-order chi connectivity index (χ0) is 68.3. The summed E-state index contributed by atoms with van der Waals surface area (Å²) in [6.07, 6.45) is 106. The van der Waals surface area contributed by atoms with Gasteiger partial charge in [0.15, 0.2) is 6.10 Å². The number of likely N-dealkylation sites (N-methyl/N-ethyl adjacent to an activating group) is 1. The number of unbranched alkanes of at least 4 members (excludes halogenated alkanes) is 38. The molecule has 10 heteroatoms. The minimum Gasteiger partial charge on any atom is -0.756 e. The second-order valence-corrected chi connectivity index (χ2v) is 28.8. The number of hydrogen-bond acceptors (Lipinski definition) is 8. The largest absolute Gasteiger partial charge is 0.756 e. The van der Waals surface area contributed by atoms with E-state index in [0.29, 0.717) is 17.4 Å². The Kier molecular flexibility index (Phi) is 70.8. The number of phosphoric acid groups is 1. The average Bonchev–Trinajstić information content (AvgIpc) is 1.65. The number of carbonyl (C=O) groups excluding carboxylic acids is 2. The molecule has 0 heterocycles. The maximum absolute atomic E-state index is 12.9. The van der Waals surface area contributed by atoms with Crippen molar-refractivity contribution < 1.29 is 42.1 Å². The first-order valence-corrected chi connectivity index (χ1v) is 40.7. The van der Waals surface area contributed by atoms with E-state index in [-0.39, 0.29) is 32.0 Å². The van der Waals surface area contributed by atoms with E-state index in [2.05, 4.69) is 135 Å². The van der Waals surface area contributed by atoms with Crippen molar-refractivity contribution in [2.24, 2.45) is 0 Å². The summed E-state index contributed by atoms with van der Waals surface area (Å²) in [5.41, 5.74) is 0. The lowest BCUT2D eigenvalue weighted by Crippen LogP contribution is -2.37. The van der Waals surface area contributed by atoms with Crippen LogP contribution in [0.3, 0.4) is 0 Å².